The second kappa shape index (κ2) is 6.72. The van der Waals surface area contributed by atoms with Gasteiger partial charge in [-0.3, -0.25) is 14.7 Å². The number of benzene rings is 1. The van der Waals surface area contributed by atoms with Crippen molar-refractivity contribution in [1.82, 2.24) is 9.88 Å². The lowest BCUT2D eigenvalue weighted by molar-refractivity contribution is -0.143. The number of hydrogen-bond acceptors (Lipinski definition) is 5. The third-order valence-electron chi connectivity index (χ3n) is 4.92. The Morgan fingerprint density at radius 3 is 2.68 bits per heavy atom. The zero-order valence-electron chi connectivity index (χ0n) is 13.8. The van der Waals surface area contributed by atoms with E-state index in [4.69, 9.17) is 9.47 Å². The number of aromatic nitrogens is 1. The molecule has 1 aromatic heterocycles. The Morgan fingerprint density at radius 1 is 1.16 bits per heavy atom. The first-order chi connectivity index (χ1) is 12.2. The molecular formula is C19H20N2O4. The van der Waals surface area contributed by atoms with Crippen LogP contribution in [0.15, 0.2) is 42.6 Å². The van der Waals surface area contributed by atoms with Gasteiger partial charge >= 0.3 is 5.97 Å². The lowest BCUT2D eigenvalue weighted by atomic mass is 9.93. The minimum absolute atomic E-state index is 0.0227. The zero-order chi connectivity index (χ0) is 17.2. The molecule has 2 aromatic rings. The summed E-state index contributed by atoms with van der Waals surface area (Å²) in [4.78, 5) is 18.1. The molecule has 0 aliphatic carbocycles. The van der Waals surface area contributed by atoms with Crippen LogP contribution in [0.1, 0.15) is 30.1 Å². The number of hydrogen-bond donors (Lipinski definition) is 1. The van der Waals surface area contributed by atoms with Crippen LogP contribution in [0, 0.1) is 5.92 Å². The minimum Gasteiger partial charge on any atom is -0.481 e. The molecule has 6 nitrogen and oxygen atoms in total. The fraction of sp³-hybridized carbons (Fsp3) is 0.368. The molecule has 1 N–H and O–H groups in total. The Balaban J connectivity index is 1.65. The topological polar surface area (TPSA) is 71.9 Å². The maximum absolute atomic E-state index is 11.2. The number of ether oxygens (including phenoxy) is 2. The summed E-state index contributed by atoms with van der Waals surface area (Å²) in [5.41, 5.74) is 2.03. The lowest BCUT2D eigenvalue weighted by Gasteiger charge is -2.36. The molecule has 0 saturated carbocycles. The molecular weight excluding hydrogens is 320 g/mol. The molecule has 2 aliphatic rings. The van der Waals surface area contributed by atoms with E-state index in [0.29, 0.717) is 12.8 Å². The van der Waals surface area contributed by atoms with Crippen LogP contribution >= 0.6 is 0 Å². The Kier molecular flexibility index (Phi) is 4.28. The lowest BCUT2D eigenvalue weighted by Crippen LogP contribution is -2.39. The van der Waals surface area contributed by atoms with Crippen LogP contribution in [-0.4, -0.2) is 40.8 Å². The van der Waals surface area contributed by atoms with E-state index >= 15 is 0 Å². The highest BCUT2D eigenvalue weighted by Crippen LogP contribution is 2.38. The SMILES string of the molecule is O=C(O)C1CCN(C(c2ccc3c(c2)OCO3)c2ccccn2)CC1. The van der Waals surface area contributed by atoms with Gasteiger partial charge in [0.05, 0.1) is 17.7 Å². The molecule has 1 unspecified atom stereocenters. The summed E-state index contributed by atoms with van der Waals surface area (Å²) < 4.78 is 10.9. The van der Waals surface area contributed by atoms with E-state index in [1.165, 1.54) is 0 Å². The summed E-state index contributed by atoms with van der Waals surface area (Å²) in [6.07, 6.45) is 3.10. The first-order valence-corrected chi connectivity index (χ1v) is 8.50. The number of carboxylic acid groups (broad SMARTS) is 1. The first kappa shape index (κ1) is 15.9. The maximum Gasteiger partial charge on any atom is 0.306 e. The Hall–Kier alpha value is -2.60. The summed E-state index contributed by atoms with van der Waals surface area (Å²) in [5, 5.41) is 9.24. The molecule has 1 aromatic carbocycles. The highest BCUT2D eigenvalue weighted by Gasteiger charge is 2.31. The van der Waals surface area contributed by atoms with Gasteiger partial charge in [0, 0.05) is 6.20 Å². The van der Waals surface area contributed by atoms with E-state index < -0.39 is 5.97 Å². The Bertz CT molecular complexity index is 757. The monoisotopic (exact) mass is 340 g/mol. The fourth-order valence-corrected chi connectivity index (χ4v) is 3.59. The fourth-order valence-electron chi connectivity index (χ4n) is 3.59. The molecule has 0 spiro atoms. The standard InChI is InChI=1S/C19H20N2O4/c22-19(23)13-6-9-21(10-7-13)18(15-3-1-2-8-20-15)14-4-5-16-17(11-14)25-12-24-16/h1-5,8,11,13,18H,6-7,9-10,12H2,(H,22,23). The van der Waals surface area contributed by atoms with Crippen molar-refractivity contribution in [2.75, 3.05) is 19.9 Å². The number of piperidine rings is 1. The normalized spacial score (nSPS) is 18.9. The number of rotatable bonds is 4. The largest absolute Gasteiger partial charge is 0.481 e. The van der Waals surface area contributed by atoms with Crippen LogP contribution in [0.25, 0.3) is 0 Å². The van der Waals surface area contributed by atoms with Gasteiger partial charge in [-0.15, -0.1) is 0 Å². The molecule has 3 heterocycles. The predicted molar refractivity (Wildman–Crippen MR) is 90.6 cm³/mol. The van der Waals surface area contributed by atoms with Crippen LogP contribution in [0.4, 0.5) is 0 Å². The highest BCUT2D eigenvalue weighted by atomic mass is 16.7. The third kappa shape index (κ3) is 3.17. The summed E-state index contributed by atoms with van der Waals surface area (Å²) >= 11 is 0. The van der Waals surface area contributed by atoms with E-state index in [0.717, 1.165) is 35.8 Å². The van der Waals surface area contributed by atoms with Crippen LogP contribution in [-0.2, 0) is 4.79 Å². The Morgan fingerprint density at radius 2 is 1.96 bits per heavy atom. The number of carboxylic acids is 1. The van der Waals surface area contributed by atoms with E-state index in [1.54, 1.807) is 6.20 Å². The summed E-state index contributed by atoms with van der Waals surface area (Å²) in [5.74, 6) is 0.557. The van der Waals surface area contributed by atoms with Gasteiger partial charge in [-0.05, 0) is 55.8 Å². The Labute approximate surface area is 146 Å². The maximum atomic E-state index is 11.2. The number of aliphatic carboxylic acids is 1. The molecule has 2 aliphatic heterocycles. The van der Waals surface area contributed by atoms with Gasteiger partial charge in [-0.1, -0.05) is 12.1 Å². The number of nitrogens with zero attached hydrogens (tertiary/aromatic N) is 2. The number of pyridine rings is 1. The van der Waals surface area contributed by atoms with Gasteiger partial charge in [0.2, 0.25) is 6.79 Å². The van der Waals surface area contributed by atoms with Crippen LogP contribution in [0.2, 0.25) is 0 Å². The molecule has 25 heavy (non-hydrogen) atoms. The molecule has 6 heteroatoms. The van der Waals surface area contributed by atoms with E-state index in [2.05, 4.69) is 9.88 Å². The minimum atomic E-state index is -0.697. The van der Waals surface area contributed by atoms with Crippen LogP contribution < -0.4 is 9.47 Å². The van der Waals surface area contributed by atoms with Crippen molar-refractivity contribution < 1.29 is 19.4 Å². The van der Waals surface area contributed by atoms with Gasteiger partial charge in [0.15, 0.2) is 11.5 Å². The molecule has 4 rings (SSSR count). The first-order valence-electron chi connectivity index (χ1n) is 8.50. The van der Waals surface area contributed by atoms with Crippen molar-refractivity contribution >= 4 is 5.97 Å². The van der Waals surface area contributed by atoms with Gasteiger partial charge in [-0.25, -0.2) is 0 Å². The molecule has 130 valence electrons. The summed E-state index contributed by atoms with van der Waals surface area (Å²) in [7, 11) is 0. The van der Waals surface area contributed by atoms with Crippen molar-refractivity contribution in [2.45, 2.75) is 18.9 Å². The zero-order valence-corrected chi connectivity index (χ0v) is 13.8. The average molecular weight is 340 g/mol. The summed E-state index contributed by atoms with van der Waals surface area (Å²) in [6.45, 7) is 1.70. The molecule has 0 amide bonds. The van der Waals surface area contributed by atoms with Crippen LogP contribution in [0.3, 0.4) is 0 Å². The quantitative estimate of drug-likeness (QED) is 0.923. The smallest absolute Gasteiger partial charge is 0.306 e. The number of fused-ring (bicyclic) bond motifs is 1. The van der Waals surface area contributed by atoms with Crippen molar-refractivity contribution in [2.24, 2.45) is 5.92 Å². The van der Waals surface area contributed by atoms with Crippen LogP contribution in [0.5, 0.6) is 11.5 Å². The molecule has 0 bridgehead atoms. The van der Waals surface area contributed by atoms with Crippen molar-refractivity contribution in [3.63, 3.8) is 0 Å². The second-order valence-electron chi connectivity index (χ2n) is 6.42. The molecule has 0 radical (unpaired) electrons. The van der Waals surface area contributed by atoms with E-state index in [9.17, 15) is 9.90 Å². The van der Waals surface area contributed by atoms with Crippen molar-refractivity contribution in [1.29, 1.82) is 0 Å². The van der Waals surface area contributed by atoms with E-state index in [-0.39, 0.29) is 18.8 Å². The number of likely N-dealkylation sites (tertiary alicyclic amines) is 1. The van der Waals surface area contributed by atoms with Gasteiger partial charge in [-0.2, -0.15) is 0 Å². The van der Waals surface area contributed by atoms with Crippen molar-refractivity contribution in [3.05, 3.63) is 53.9 Å². The number of carbonyl (C=O) groups is 1. The van der Waals surface area contributed by atoms with Gasteiger partial charge in [0.1, 0.15) is 0 Å². The van der Waals surface area contributed by atoms with Gasteiger partial charge in [0.25, 0.3) is 0 Å². The summed E-state index contributed by atoms with van der Waals surface area (Å²) in [6, 6.07) is 11.8. The molecule has 1 atom stereocenters. The van der Waals surface area contributed by atoms with E-state index in [1.807, 2.05) is 36.4 Å². The third-order valence-corrected chi connectivity index (χ3v) is 4.92. The molecule has 1 fully saturated rings. The molecule has 1 saturated heterocycles. The van der Waals surface area contributed by atoms with Crippen molar-refractivity contribution in [3.8, 4) is 11.5 Å². The highest BCUT2D eigenvalue weighted by molar-refractivity contribution is 5.70. The second-order valence-corrected chi connectivity index (χ2v) is 6.42. The predicted octanol–water partition coefficient (Wildman–Crippen LogP) is 2.70. The van der Waals surface area contributed by atoms with Gasteiger partial charge < -0.3 is 14.6 Å². The average Bonchev–Trinajstić information content (AvgIpc) is 3.11.